The Morgan fingerprint density at radius 1 is 1.29 bits per heavy atom. The fourth-order valence-corrected chi connectivity index (χ4v) is 2.52. The molecule has 0 amide bonds. The van der Waals surface area contributed by atoms with Gasteiger partial charge >= 0.3 is 5.69 Å². The van der Waals surface area contributed by atoms with Crippen molar-refractivity contribution >= 4 is 0 Å². The van der Waals surface area contributed by atoms with Gasteiger partial charge < -0.3 is 4.74 Å². The summed E-state index contributed by atoms with van der Waals surface area (Å²) in [7, 11) is 0. The molecule has 1 saturated heterocycles. The molecule has 0 aliphatic carbocycles. The number of H-pyrrole nitrogens is 1. The molecule has 5 nitrogen and oxygen atoms in total. The summed E-state index contributed by atoms with van der Waals surface area (Å²) in [5, 5.41) is 0. The second-order valence-corrected chi connectivity index (χ2v) is 5.71. The number of aromatic amines is 1. The molecule has 21 heavy (non-hydrogen) atoms. The van der Waals surface area contributed by atoms with Crippen LogP contribution >= 0.6 is 0 Å². The first-order valence-electron chi connectivity index (χ1n) is 7.45. The average Bonchev–Trinajstić information content (AvgIpc) is 2.69. The Morgan fingerprint density at radius 2 is 2.00 bits per heavy atom. The number of nitrogens with zero attached hydrogens (tertiary/aromatic N) is 1. The molecular formula is C16H22N2O3. The lowest BCUT2D eigenvalue weighted by Gasteiger charge is -2.18. The third kappa shape index (κ3) is 3.11. The zero-order valence-corrected chi connectivity index (χ0v) is 13.0. The van der Waals surface area contributed by atoms with Gasteiger partial charge in [0.2, 0.25) is 0 Å². The van der Waals surface area contributed by atoms with E-state index in [1.807, 2.05) is 13.8 Å². The van der Waals surface area contributed by atoms with Crippen LogP contribution in [0.2, 0.25) is 0 Å². The maximum absolute atomic E-state index is 12.0. The van der Waals surface area contributed by atoms with Crippen LogP contribution < -0.4 is 11.2 Å². The highest BCUT2D eigenvalue weighted by Gasteiger charge is 2.38. The number of ether oxygens (including phenoxy) is 1. The Morgan fingerprint density at radius 3 is 2.57 bits per heavy atom. The van der Waals surface area contributed by atoms with E-state index in [1.165, 1.54) is 10.8 Å². The molecular weight excluding hydrogens is 268 g/mol. The van der Waals surface area contributed by atoms with Gasteiger partial charge in [-0.1, -0.05) is 32.6 Å². The van der Waals surface area contributed by atoms with Crippen LogP contribution in [-0.2, 0) is 4.74 Å². The molecule has 114 valence electrons. The first kappa shape index (κ1) is 15.6. The van der Waals surface area contributed by atoms with Crippen LogP contribution in [0.3, 0.4) is 0 Å². The van der Waals surface area contributed by atoms with Crippen molar-refractivity contribution in [3.8, 4) is 11.8 Å². The largest absolute Gasteiger partial charge is 0.354 e. The van der Waals surface area contributed by atoms with Gasteiger partial charge in [0.05, 0.1) is 6.10 Å². The Balaban J connectivity index is 2.42. The van der Waals surface area contributed by atoms with Gasteiger partial charge in [0.15, 0.2) is 0 Å². The minimum Gasteiger partial charge on any atom is -0.354 e. The van der Waals surface area contributed by atoms with Crippen LogP contribution in [0.1, 0.15) is 52.3 Å². The molecule has 1 aromatic rings. The first-order chi connectivity index (χ1) is 9.95. The number of unbranched alkanes of at least 4 members (excludes halogenated alkanes) is 1. The van der Waals surface area contributed by atoms with E-state index in [0.717, 1.165) is 12.8 Å². The number of hydrogen-bond acceptors (Lipinski definition) is 3. The fourth-order valence-electron chi connectivity index (χ4n) is 2.52. The summed E-state index contributed by atoms with van der Waals surface area (Å²) in [5.74, 6) is 6.31. The highest BCUT2D eigenvalue weighted by atomic mass is 16.5. The molecule has 0 radical (unpaired) electrons. The maximum atomic E-state index is 12.0. The van der Waals surface area contributed by atoms with E-state index in [9.17, 15) is 9.59 Å². The number of aromatic nitrogens is 2. The zero-order valence-electron chi connectivity index (χ0n) is 13.0. The van der Waals surface area contributed by atoms with Gasteiger partial charge in [-0.2, -0.15) is 0 Å². The Labute approximate surface area is 124 Å². The SMILES string of the molecule is CCCC#Cc1cn(C2OC(C)C(C)C2C)c(=O)[nH]c1=O. The van der Waals surface area contributed by atoms with E-state index >= 15 is 0 Å². The predicted octanol–water partition coefficient (Wildman–Crippen LogP) is 1.88. The lowest BCUT2D eigenvalue weighted by molar-refractivity contribution is -0.00764. The molecule has 1 aliphatic heterocycles. The zero-order chi connectivity index (χ0) is 15.6. The quantitative estimate of drug-likeness (QED) is 0.846. The third-order valence-corrected chi connectivity index (χ3v) is 4.21. The Kier molecular flexibility index (Phi) is 4.69. The maximum Gasteiger partial charge on any atom is 0.330 e. The van der Waals surface area contributed by atoms with Gasteiger partial charge in [-0.05, 0) is 19.3 Å². The third-order valence-electron chi connectivity index (χ3n) is 4.21. The Bertz CT molecular complexity index is 677. The van der Waals surface area contributed by atoms with Gasteiger partial charge in [0.1, 0.15) is 11.8 Å². The molecule has 1 aliphatic rings. The second-order valence-electron chi connectivity index (χ2n) is 5.71. The molecule has 0 bridgehead atoms. The highest BCUT2D eigenvalue weighted by molar-refractivity contribution is 5.29. The monoisotopic (exact) mass is 290 g/mol. The van der Waals surface area contributed by atoms with Crippen molar-refractivity contribution in [2.24, 2.45) is 11.8 Å². The van der Waals surface area contributed by atoms with Crippen molar-refractivity contribution in [3.63, 3.8) is 0 Å². The van der Waals surface area contributed by atoms with Crippen molar-refractivity contribution in [2.75, 3.05) is 0 Å². The van der Waals surface area contributed by atoms with Gasteiger partial charge in [-0.3, -0.25) is 14.3 Å². The van der Waals surface area contributed by atoms with Crippen molar-refractivity contribution in [3.05, 3.63) is 32.6 Å². The minimum absolute atomic E-state index is 0.0819. The summed E-state index contributed by atoms with van der Waals surface area (Å²) in [5.41, 5.74) is -0.572. The molecule has 4 unspecified atom stereocenters. The van der Waals surface area contributed by atoms with Crippen molar-refractivity contribution in [2.45, 2.75) is 52.9 Å². The summed E-state index contributed by atoms with van der Waals surface area (Å²) < 4.78 is 7.33. The van der Waals surface area contributed by atoms with Gasteiger partial charge in [0, 0.05) is 18.5 Å². The normalized spacial score (nSPS) is 28.2. The molecule has 4 atom stereocenters. The summed E-state index contributed by atoms with van der Waals surface area (Å²) in [6.45, 7) is 8.18. The van der Waals surface area contributed by atoms with Gasteiger partial charge in [-0.15, -0.1) is 0 Å². The molecule has 1 fully saturated rings. The van der Waals surface area contributed by atoms with Crippen molar-refractivity contribution < 1.29 is 4.74 Å². The fraction of sp³-hybridized carbons (Fsp3) is 0.625. The van der Waals surface area contributed by atoms with E-state index < -0.39 is 11.2 Å². The molecule has 0 saturated carbocycles. The smallest absolute Gasteiger partial charge is 0.330 e. The number of nitrogens with one attached hydrogen (secondary N) is 1. The summed E-state index contributed by atoms with van der Waals surface area (Å²) in [6, 6.07) is 0. The number of hydrogen-bond donors (Lipinski definition) is 1. The van der Waals surface area contributed by atoms with E-state index in [2.05, 4.69) is 30.7 Å². The molecule has 2 rings (SSSR count). The van der Waals surface area contributed by atoms with E-state index in [4.69, 9.17) is 4.74 Å². The van der Waals surface area contributed by atoms with Crippen molar-refractivity contribution in [1.82, 2.24) is 9.55 Å². The van der Waals surface area contributed by atoms with Crippen LogP contribution in [0.15, 0.2) is 15.8 Å². The van der Waals surface area contributed by atoms with E-state index in [-0.39, 0.29) is 18.2 Å². The molecule has 1 aromatic heterocycles. The summed E-state index contributed by atoms with van der Waals surface area (Å²) in [4.78, 5) is 26.2. The van der Waals surface area contributed by atoms with Crippen LogP contribution in [0.4, 0.5) is 0 Å². The summed E-state index contributed by atoms with van der Waals surface area (Å²) in [6.07, 6.45) is 2.91. The van der Waals surface area contributed by atoms with Gasteiger partial charge in [-0.25, -0.2) is 4.79 Å². The Hall–Kier alpha value is -1.80. The number of rotatable bonds is 2. The van der Waals surface area contributed by atoms with Crippen LogP contribution in [0, 0.1) is 23.7 Å². The van der Waals surface area contributed by atoms with Crippen molar-refractivity contribution in [1.29, 1.82) is 0 Å². The van der Waals surface area contributed by atoms with Crippen LogP contribution in [0.5, 0.6) is 0 Å². The predicted molar refractivity (Wildman–Crippen MR) is 81.0 cm³/mol. The van der Waals surface area contributed by atoms with E-state index in [0.29, 0.717) is 11.5 Å². The van der Waals surface area contributed by atoms with Crippen LogP contribution in [0.25, 0.3) is 0 Å². The molecule has 0 aromatic carbocycles. The molecule has 5 heteroatoms. The van der Waals surface area contributed by atoms with E-state index in [1.54, 1.807) is 0 Å². The molecule has 1 N–H and O–H groups in total. The molecule has 2 heterocycles. The molecule has 0 spiro atoms. The standard InChI is InChI=1S/C16H22N2O3/c1-5-6-7-8-13-9-18(16(20)17-14(13)19)15-11(3)10(2)12(4)21-15/h9-12,15H,5-6H2,1-4H3,(H,17,19,20). The lowest BCUT2D eigenvalue weighted by Crippen LogP contribution is -2.35. The minimum atomic E-state index is -0.445. The second kappa shape index (κ2) is 6.31. The first-order valence-corrected chi connectivity index (χ1v) is 7.45. The highest BCUT2D eigenvalue weighted by Crippen LogP contribution is 2.37. The topological polar surface area (TPSA) is 64.1 Å². The lowest BCUT2D eigenvalue weighted by atomic mass is 9.93. The summed E-state index contributed by atoms with van der Waals surface area (Å²) >= 11 is 0. The van der Waals surface area contributed by atoms with Crippen LogP contribution in [-0.4, -0.2) is 15.7 Å². The van der Waals surface area contributed by atoms with Gasteiger partial charge in [0.25, 0.3) is 5.56 Å². The average molecular weight is 290 g/mol.